The number of nitrogens with one attached hydrogen (secondary N) is 1. The summed E-state index contributed by atoms with van der Waals surface area (Å²) in [6.45, 7) is 2.79. The number of nitrogens with zero attached hydrogens (tertiary/aromatic N) is 1. The van der Waals surface area contributed by atoms with Crippen LogP contribution in [0.3, 0.4) is 0 Å². The lowest BCUT2D eigenvalue weighted by Crippen LogP contribution is -2.21. The lowest BCUT2D eigenvalue weighted by molar-refractivity contribution is 0.173. The van der Waals surface area contributed by atoms with E-state index in [1.807, 2.05) is 13.0 Å². The largest absolute Gasteiger partial charge is 0.387 e. The number of pyridine rings is 1. The number of aryl methyl sites for hydroxylation is 1. The molecule has 0 saturated carbocycles. The van der Waals surface area contributed by atoms with Crippen molar-refractivity contribution in [2.45, 2.75) is 19.6 Å². The van der Waals surface area contributed by atoms with Crippen LogP contribution in [-0.2, 0) is 6.54 Å². The fourth-order valence-electron chi connectivity index (χ4n) is 1.88. The molecule has 1 unspecified atom stereocenters. The van der Waals surface area contributed by atoms with E-state index >= 15 is 0 Å². The number of aromatic nitrogens is 1. The molecule has 0 aliphatic rings. The van der Waals surface area contributed by atoms with Crippen LogP contribution in [0.15, 0.2) is 36.7 Å². The van der Waals surface area contributed by atoms with E-state index in [1.54, 1.807) is 12.4 Å². The van der Waals surface area contributed by atoms with Crippen LogP contribution in [0.25, 0.3) is 0 Å². The van der Waals surface area contributed by atoms with Crippen molar-refractivity contribution in [3.05, 3.63) is 65.0 Å². The molecule has 2 N–H and O–H groups in total. The summed E-state index contributed by atoms with van der Waals surface area (Å²) in [6, 6.07) is 5.30. The van der Waals surface area contributed by atoms with E-state index in [2.05, 4.69) is 10.3 Å². The second-order valence-electron chi connectivity index (χ2n) is 4.62. The van der Waals surface area contributed by atoms with Crippen LogP contribution in [0.4, 0.5) is 8.78 Å². The van der Waals surface area contributed by atoms with Crippen LogP contribution in [-0.4, -0.2) is 16.6 Å². The molecule has 2 rings (SSSR count). The predicted molar refractivity (Wildman–Crippen MR) is 72.0 cm³/mol. The van der Waals surface area contributed by atoms with Gasteiger partial charge >= 0.3 is 0 Å². The highest BCUT2D eigenvalue weighted by Crippen LogP contribution is 2.16. The van der Waals surface area contributed by atoms with E-state index in [1.165, 1.54) is 6.07 Å². The minimum atomic E-state index is -0.952. The number of hydrogen-bond acceptors (Lipinski definition) is 3. The summed E-state index contributed by atoms with van der Waals surface area (Å²) >= 11 is 0. The monoisotopic (exact) mass is 278 g/mol. The molecule has 20 heavy (non-hydrogen) atoms. The Balaban J connectivity index is 1.90. The van der Waals surface area contributed by atoms with Gasteiger partial charge in [0.2, 0.25) is 0 Å². The molecule has 1 aromatic heterocycles. The molecule has 1 aromatic carbocycles. The van der Waals surface area contributed by atoms with Crippen molar-refractivity contribution in [2.24, 2.45) is 0 Å². The van der Waals surface area contributed by atoms with E-state index in [0.29, 0.717) is 12.1 Å². The summed E-state index contributed by atoms with van der Waals surface area (Å²) in [5, 5.41) is 13.0. The molecule has 0 aliphatic carbocycles. The van der Waals surface area contributed by atoms with Gasteiger partial charge in [-0.1, -0.05) is 6.07 Å². The van der Waals surface area contributed by atoms with Crippen LogP contribution in [0, 0.1) is 18.6 Å². The summed E-state index contributed by atoms with van der Waals surface area (Å²) in [4.78, 5) is 4.00. The fourth-order valence-corrected chi connectivity index (χ4v) is 1.88. The number of hydrogen-bond donors (Lipinski definition) is 2. The average Bonchev–Trinajstić information content (AvgIpc) is 2.44. The molecule has 0 spiro atoms. The zero-order valence-electron chi connectivity index (χ0n) is 11.1. The molecule has 2 aromatic rings. The van der Waals surface area contributed by atoms with Crippen molar-refractivity contribution in [1.29, 1.82) is 0 Å². The third kappa shape index (κ3) is 3.59. The van der Waals surface area contributed by atoms with Crippen molar-refractivity contribution in [3.63, 3.8) is 0 Å². The molecule has 0 bridgehead atoms. The Kier molecular flexibility index (Phi) is 4.76. The van der Waals surface area contributed by atoms with Crippen molar-refractivity contribution < 1.29 is 13.9 Å². The Hall–Kier alpha value is -1.85. The van der Waals surface area contributed by atoms with Gasteiger partial charge in [-0.15, -0.1) is 0 Å². The van der Waals surface area contributed by atoms with Gasteiger partial charge in [0.15, 0.2) is 11.6 Å². The molecule has 3 nitrogen and oxygen atoms in total. The van der Waals surface area contributed by atoms with Gasteiger partial charge < -0.3 is 10.4 Å². The predicted octanol–water partition coefficient (Wildman–Crippen LogP) is 2.49. The van der Waals surface area contributed by atoms with E-state index in [-0.39, 0.29) is 6.54 Å². The van der Waals surface area contributed by atoms with E-state index in [0.717, 1.165) is 23.3 Å². The minimum absolute atomic E-state index is 0.257. The first kappa shape index (κ1) is 14.6. The summed E-state index contributed by atoms with van der Waals surface area (Å²) in [5.74, 6) is -1.87. The smallest absolute Gasteiger partial charge is 0.159 e. The summed E-state index contributed by atoms with van der Waals surface area (Å²) < 4.78 is 25.9. The van der Waals surface area contributed by atoms with Crippen molar-refractivity contribution in [3.8, 4) is 0 Å². The van der Waals surface area contributed by atoms with Gasteiger partial charge in [0.1, 0.15) is 0 Å². The highest BCUT2D eigenvalue weighted by molar-refractivity contribution is 5.22. The Labute approximate surface area is 116 Å². The quantitative estimate of drug-likeness (QED) is 0.883. The van der Waals surface area contributed by atoms with Crippen LogP contribution in [0.2, 0.25) is 0 Å². The van der Waals surface area contributed by atoms with Gasteiger partial charge in [-0.2, -0.15) is 0 Å². The summed E-state index contributed by atoms with van der Waals surface area (Å²) in [6.07, 6.45) is 2.59. The first-order chi connectivity index (χ1) is 9.58. The van der Waals surface area contributed by atoms with Gasteiger partial charge in [-0.3, -0.25) is 4.98 Å². The van der Waals surface area contributed by atoms with Crippen molar-refractivity contribution >= 4 is 0 Å². The van der Waals surface area contributed by atoms with Crippen LogP contribution >= 0.6 is 0 Å². The highest BCUT2D eigenvalue weighted by atomic mass is 19.2. The number of aliphatic hydroxyl groups is 1. The van der Waals surface area contributed by atoms with Crippen molar-refractivity contribution in [1.82, 2.24) is 10.3 Å². The van der Waals surface area contributed by atoms with Gasteiger partial charge in [0.25, 0.3) is 0 Å². The molecular weight excluding hydrogens is 262 g/mol. The summed E-state index contributed by atoms with van der Waals surface area (Å²) in [7, 11) is 0. The molecule has 0 fully saturated rings. The number of aliphatic hydroxyl groups excluding tert-OH is 1. The Morgan fingerprint density at radius 2 is 2.05 bits per heavy atom. The van der Waals surface area contributed by atoms with Gasteiger partial charge in [0, 0.05) is 25.5 Å². The van der Waals surface area contributed by atoms with E-state index in [9.17, 15) is 13.9 Å². The average molecular weight is 278 g/mol. The second-order valence-corrected chi connectivity index (χ2v) is 4.62. The molecule has 0 saturated heterocycles. The molecule has 5 heteroatoms. The third-order valence-electron chi connectivity index (χ3n) is 3.12. The van der Waals surface area contributed by atoms with E-state index < -0.39 is 17.7 Å². The molecule has 0 aliphatic heterocycles. The van der Waals surface area contributed by atoms with Gasteiger partial charge in [0.05, 0.1) is 6.10 Å². The Morgan fingerprint density at radius 1 is 1.25 bits per heavy atom. The van der Waals surface area contributed by atoms with Crippen LogP contribution < -0.4 is 5.32 Å². The van der Waals surface area contributed by atoms with Crippen LogP contribution in [0.1, 0.15) is 22.8 Å². The molecule has 0 amide bonds. The molecule has 106 valence electrons. The van der Waals surface area contributed by atoms with E-state index in [4.69, 9.17) is 0 Å². The normalized spacial score (nSPS) is 12.4. The maximum absolute atomic E-state index is 13.1. The zero-order valence-corrected chi connectivity index (χ0v) is 11.1. The third-order valence-corrected chi connectivity index (χ3v) is 3.12. The first-order valence-electron chi connectivity index (χ1n) is 6.31. The fraction of sp³-hybridized carbons (Fsp3) is 0.267. The maximum Gasteiger partial charge on any atom is 0.159 e. The second kappa shape index (κ2) is 6.54. The first-order valence-corrected chi connectivity index (χ1v) is 6.31. The number of benzene rings is 1. The number of rotatable bonds is 5. The Bertz CT molecular complexity index is 590. The topological polar surface area (TPSA) is 45.2 Å². The maximum atomic E-state index is 13.1. The lowest BCUT2D eigenvalue weighted by Gasteiger charge is -2.13. The molecule has 0 radical (unpaired) electrons. The minimum Gasteiger partial charge on any atom is -0.387 e. The van der Waals surface area contributed by atoms with Crippen molar-refractivity contribution in [2.75, 3.05) is 6.54 Å². The van der Waals surface area contributed by atoms with Gasteiger partial charge in [-0.25, -0.2) is 8.78 Å². The SMILES string of the molecule is Cc1cnccc1CNCC(O)c1ccc(F)c(F)c1. The Morgan fingerprint density at radius 3 is 2.75 bits per heavy atom. The molecular formula is C15H16F2N2O. The highest BCUT2D eigenvalue weighted by Gasteiger charge is 2.10. The zero-order chi connectivity index (χ0) is 14.5. The van der Waals surface area contributed by atoms with Crippen LogP contribution in [0.5, 0.6) is 0 Å². The number of halogens is 2. The van der Waals surface area contributed by atoms with Gasteiger partial charge in [-0.05, 0) is 41.8 Å². The lowest BCUT2D eigenvalue weighted by atomic mass is 10.1. The standard InChI is InChI=1S/C15H16F2N2O/c1-10-7-18-5-4-12(10)8-19-9-15(20)11-2-3-13(16)14(17)6-11/h2-7,15,19-20H,8-9H2,1H3. The summed E-state index contributed by atoms with van der Waals surface area (Å²) in [5.41, 5.74) is 2.49. The molecule has 1 heterocycles. The molecule has 1 atom stereocenters.